The van der Waals surface area contributed by atoms with Gasteiger partial charge >= 0.3 is 0 Å². The average molecular weight is 184 g/mol. The summed E-state index contributed by atoms with van der Waals surface area (Å²) in [6.45, 7) is 0. The summed E-state index contributed by atoms with van der Waals surface area (Å²) in [5.74, 6) is -0.509. The van der Waals surface area contributed by atoms with E-state index in [1.165, 1.54) is 0 Å². The standard InChI is InChI=1S/C2H3INO/c3-1-2(4)5/h4H,1H2. The molecule has 0 atom stereocenters. The molecule has 0 rings (SSSR count). The second-order valence-corrected chi connectivity index (χ2v) is 1.32. The maximum absolute atomic E-state index is 9.47. The van der Waals surface area contributed by atoms with Crippen molar-refractivity contribution in [1.29, 1.82) is 0 Å². The molecule has 1 N–H and O–H groups in total. The molecule has 0 saturated carbocycles. The van der Waals surface area contributed by atoms with Crippen LogP contribution in [0.15, 0.2) is 0 Å². The lowest BCUT2D eigenvalue weighted by atomic mass is 10.8. The third-order valence-corrected chi connectivity index (χ3v) is 0.814. The van der Waals surface area contributed by atoms with Crippen LogP contribution in [0.5, 0.6) is 0 Å². The molecule has 2 nitrogen and oxygen atoms in total. The lowest BCUT2D eigenvalue weighted by Crippen LogP contribution is -1.95. The molecular formula is C2H3INO. The number of carbonyl (C=O) groups excluding carboxylic acids is 1. The summed E-state index contributed by atoms with van der Waals surface area (Å²) in [5, 5.41) is 0. The van der Waals surface area contributed by atoms with E-state index in [1.54, 1.807) is 0 Å². The first-order valence-electron chi connectivity index (χ1n) is 1.07. The fraction of sp³-hybridized carbons (Fsp3) is 0.500. The van der Waals surface area contributed by atoms with Crippen molar-refractivity contribution < 1.29 is 4.79 Å². The molecule has 0 aliphatic rings. The van der Waals surface area contributed by atoms with Crippen LogP contribution in [0, 0.1) is 0 Å². The molecule has 3 heteroatoms. The van der Waals surface area contributed by atoms with Crippen LogP contribution in [-0.4, -0.2) is 10.3 Å². The Balaban J connectivity index is 2.85. The van der Waals surface area contributed by atoms with Crippen LogP contribution in [0.1, 0.15) is 0 Å². The van der Waals surface area contributed by atoms with Crippen molar-refractivity contribution in [1.82, 2.24) is 5.73 Å². The lowest BCUT2D eigenvalue weighted by Gasteiger charge is -1.68. The van der Waals surface area contributed by atoms with Crippen LogP contribution in [0.25, 0.3) is 0 Å². The summed E-state index contributed by atoms with van der Waals surface area (Å²) in [4.78, 5) is 9.47. The second kappa shape index (κ2) is 2.44. The Kier molecular flexibility index (Phi) is 2.54. The van der Waals surface area contributed by atoms with E-state index >= 15 is 0 Å². The van der Waals surface area contributed by atoms with E-state index in [2.05, 4.69) is 0 Å². The molecule has 0 spiro atoms. The van der Waals surface area contributed by atoms with E-state index in [9.17, 15) is 4.79 Å². The molecule has 0 aromatic heterocycles. The van der Waals surface area contributed by atoms with Gasteiger partial charge in [-0.3, -0.25) is 10.5 Å². The number of rotatable bonds is 1. The predicted molar refractivity (Wildman–Crippen MR) is 27.0 cm³/mol. The Bertz CT molecular complexity index is 44.9. The minimum absolute atomic E-state index is 0.303. The number of amides is 1. The van der Waals surface area contributed by atoms with Gasteiger partial charge in [0.1, 0.15) is 0 Å². The summed E-state index contributed by atoms with van der Waals surface area (Å²) in [5.41, 5.74) is 6.18. The molecule has 0 fully saturated rings. The van der Waals surface area contributed by atoms with Gasteiger partial charge in [-0.1, -0.05) is 22.6 Å². The number of carbonyl (C=O) groups is 1. The van der Waals surface area contributed by atoms with Crippen molar-refractivity contribution in [3.8, 4) is 0 Å². The van der Waals surface area contributed by atoms with Crippen molar-refractivity contribution in [2.24, 2.45) is 0 Å². The zero-order valence-electron chi connectivity index (χ0n) is 2.49. The van der Waals surface area contributed by atoms with Crippen LogP contribution >= 0.6 is 22.6 Å². The normalized spacial score (nSPS) is 7.40. The van der Waals surface area contributed by atoms with Crippen LogP contribution in [-0.2, 0) is 4.79 Å². The SMILES string of the molecule is [NH]C(=O)CI. The van der Waals surface area contributed by atoms with Gasteiger partial charge in [-0.25, -0.2) is 0 Å². The first-order valence-corrected chi connectivity index (χ1v) is 2.60. The highest BCUT2D eigenvalue weighted by molar-refractivity contribution is 14.1. The van der Waals surface area contributed by atoms with Gasteiger partial charge in [0, 0.05) is 0 Å². The van der Waals surface area contributed by atoms with E-state index < -0.39 is 5.91 Å². The Labute approximate surface area is 43.9 Å². The van der Waals surface area contributed by atoms with Gasteiger partial charge in [0.05, 0.1) is 4.43 Å². The van der Waals surface area contributed by atoms with E-state index in [0.29, 0.717) is 4.43 Å². The molecule has 0 aromatic carbocycles. The summed E-state index contributed by atoms with van der Waals surface area (Å²) < 4.78 is 0.303. The van der Waals surface area contributed by atoms with Gasteiger partial charge < -0.3 is 0 Å². The highest BCUT2D eigenvalue weighted by Crippen LogP contribution is 1.74. The zero-order chi connectivity index (χ0) is 4.28. The summed E-state index contributed by atoms with van der Waals surface area (Å²) in [6.07, 6.45) is 0. The maximum Gasteiger partial charge on any atom is 0.248 e. The Morgan fingerprint density at radius 1 is 2.00 bits per heavy atom. The van der Waals surface area contributed by atoms with Crippen molar-refractivity contribution in [3.63, 3.8) is 0 Å². The largest absolute Gasteiger partial charge is 0.272 e. The predicted octanol–water partition coefficient (Wildman–Crippen LogP) is 0.231. The topological polar surface area (TPSA) is 40.9 Å². The molecule has 0 unspecified atom stereocenters. The second-order valence-electron chi connectivity index (χ2n) is 0.557. The first-order chi connectivity index (χ1) is 2.27. The molecule has 29 valence electrons. The van der Waals surface area contributed by atoms with Crippen LogP contribution in [0.3, 0.4) is 0 Å². The molecule has 0 aliphatic heterocycles. The quantitative estimate of drug-likeness (QED) is 0.424. The molecule has 0 aliphatic carbocycles. The number of hydrogen-bond donors (Lipinski definition) is 0. The van der Waals surface area contributed by atoms with Crippen LogP contribution in [0.2, 0.25) is 0 Å². The molecule has 5 heavy (non-hydrogen) atoms. The van der Waals surface area contributed by atoms with Gasteiger partial charge in [0.25, 0.3) is 0 Å². The van der Waals surface area contributed by atoms with Crippen LogP contribution in [0.4, 0.5) is 0 Å². The molecule has 0 aromatic rings. The third kappa shape index (κ3) is 4.20. The highest BCUT2D eigenvalue weighted by atomic mass is 127. The fourth-order valence-corrected chi connectivity index (χ4v) is 0. The summed E-state index contributed by atoms with van der Waals surface area (Å²) >= 11 is 1.84. The number of hydrogen-bond acceptors (Lipinski definition) is 1. The van der Waals surface area contributed by atoms with Gasteiger partial charge in [-0.15, -0.1) is 0 Å². The molecular weight excluding hydrogens is 181 g/mol. The third-order valence-electron chi connectivity index (χ3n) is 0.121. The van der Waals surface area contributed by atoms with Crippen molar-refractivity contribution in [3.05, 3.63) is 0 Å². The molecule has 1 amide bonds. The number of alkyl halides is 1. The minimum Gasteiger partial charge on any atom is -0.272 e. The number of halogens is 1. The fourth-order valence-electron chi connectivity index (χ4n) is 0. The molecule has 0 saturated heterocycles. The van der Waals surface area contributed by atoms with E-state index in [4.69, 9.17) is 5.73 Å². The summed E-state index contributed by atoms with van der Waals surface area (Å²) in [7, 11) is 0. The maximum atomic E-state index is 9.47. The lowest BCUT2D eigenvalue weighted by molar-refractivity contribution is -0.115. The highest BCUT2D eigenvalue weighted by Gasteiger charge is 1.81. The smallest absolute Gasteiger partial charge is 0.248 e. The monoisotopic (exact) mass is 184 g/mol. The summed E-state index contributed by atoms with van der Waals surface area (Å²) in [6, 6.07) is 0. The Morgan fingerprint density at radius 3 is 2.20 bits per heavy atom. The minimum atomic E-state index is -0.509. The van der Waals surface area contributed by atoms with E-state index in [0.717, 1.165) is 0 Å². The van der Waals surface area contributed by atoms with Crippen LogP contribution < -0.4 is 5.73 Å². The van der Waals surface area contributed by atoms with Crippen molar-refractivity contribution in [2.75, 3.05) is 4.43 Å². The molecule has 0 bridgehead atoms. The van der Waals surface area contributed by atoms with E-state index in [-0.39, 0.29) is 0 Å². The molecule has 0 heterocycles. The molecule has 1 radical (unpaired) electrons. The average Bonchev–Trinajstić information content (AvgIpc) is 1.38. The van der Waals surface area contributed by atoms with Gasteiger partial charge in [-0.05, 0) is 0 Å². The zero-order valence-corrected chi connectivity index (χ0v) is 4.65. The Morgan fingerprint density at radius 2 is 2.20 bits per heavy atom. The van der Waals surface area contributed by atoms with E-state index in [1.807, 2.05) is 22.6 Å². The van der Waals surface area contributed by atoms with Gasteiger partial charge in [-0.2, -0.15) is 0 Å². The first kappa shape index (κ1) is 5.20. The van der Waals surface area contributed by atoms with Gasteiger partial charge in [0.2, 0.25) is 5.91 Å². The number of nitrogens with one attached hydrogen (secondary N) is 1. The van der Waals surface area contributed by atoms with Crippen molar-refractivity contribution >= 4 is 28.5 Å². The van der Waals surface area contributed by atoms with Gasteiger partial charge in [0.15, 0.2) is 0 Å². The Hall–Kier alpha value is 0.200. The van der Waals surface area contributed by atoms with Crippen molar-refractivity contribution in [2.45, 2.75) is 0 Å².